The van der Waals surface area contributed by atoms with Gasteiger partial charge in [-0.1, -0.05) is 0 Å². The van der Waals surface area contributed by atoms with E-state index in [1.165, 1.54) is 4.88 Å². The van der Waals surface area contributed by atoms with Gasteiger partial charge in [-0.15, -0.1) is 11.3 Å². The van der Waals surface area contributed by atoms with E-state index in [4.69, 9.17) is 0 Å². The number of aromatic nitrogens is 2. The van der Waals surface area contributed by atoms with Gasteiger partial charge in [0.1, 0.15) is 6.10 Å². The van der Waals surface area contributed by atoms with Crippen molar-refractivity contribution in [1.29, 1.82) is 0 Å². The first-order chi connectivity index (χ1) is 7.70. The molecule has 5 heteroatoms. The number of rotatable bonds is 4. The summed E-state index contributed by atoms with van der Waals surface area (Å²) in [5.41, 5.74) is 0.882. The van der Waals surface area contributed by atoms with Crippen LogP contribution in [0.5, 0.6) is 0 Å². The van der Waals surface area contributed by atoms with Gasteiger partial charge in [0.25, 0.3) is 0 Å². The number of imidazole rings is 1. The topological polar surface area (TPSA) is 38.0 Å². The van der Waals surface area contributed by atoms with Crippen molar-refractivity contribution < 1.29 is 5.11 Å². The summed E-state index contributed by atoms with van der Waals surface area (Å²) in [6.45, 7) is 2.88. The molecule has 1 N–H and O–H groups in total. The molecule has 0 spiro atoms. The SMILES string of the molecule is CCn1cncc1C(O)Cc1cc(Br)cs1. The molecule has 0 saturated carbocycles. The molecule has 0 aliphatic rings. The Morgan fingerprint density at radius 2 is 2.44 bits per heavy atom. The molecule has 0 aromatic carbocycles. The summed E-state index contributed by atoms with van der Waals surface area (Å²) >= 11 is 5.06. The fraction of sp³-hybridized carbons (Fsp3) is 0.364. The van der Waals surface area contributed by atoms with E-state index >= 15 is 0 Å². The molecule has 0 bridgehead atoms. The zero-order valence-corrected chi connectivity index (χ0v) is 11.3. The Morgan fingerprint density at radius 1 is 1.62 bits per heavy atom. The summed E-state index contributed by atoms with van der Waals surface area (Å²) in [5, 5.41) is 12.1. The Morgan fingerprint density at radius 3 is 3.06 bits per heavy atom. The summed E-state index contributed by atoms with van der Waals surface area (Å²) in [7, 11) is 0. The molecule has 0 amide bonds. The third kappa shape index (κ3) is 2.53. The molecule has 1 unspecified atom stereocenters. The molecule has 0 radical (unpaired) electrons. The van der Waals surface area contributed by atoms with Crippen molar-refractivity contribution in [1.82, 2.24) is 9.55 Å². The highest BCUT2D eigenvalue weighted by molar-refractivity contribution is 9.10. The number of aryl methyl sites for hydroxylation is 1. The highest BCUT2D eigenvalue weighted by Gasteiger charge is 2.13. The second-order valence-electron chi connectivity index (χ2n) is 3.56. The molecule has 0 fully saturated rings. The Kier molecular flexibility index (Phi) is 3.78. The average molecular weight is 301 g/mol. The molecule has 0 aliphatic carbocycles. The van der Waals surface area contributed by atoms with Gasteiger partial charge in [-0.3, -0.25) is 0 Å². The first-order valence-electron chi connectivity index (χ1n) is 5.11. The minimum absolute atomic E-state index is 0.479. The molecule has 16 heavy (non-hydrogen) atoms. The molecule has 2 heterocycles. The molecule has 0 aliphatic heterocycles. The minimum Gasteiger partial charge on any atom is -0.386 e. The number of nitrogens with zero attached hydrogens (tertiary/aromatic N) is 2. The lowest BCUT2D eigenvalue weighted by molar-refractivity contribution is 0.170. The zero-order valence-electron chi connectivity index (χ0n) is 8.93. The quantitative estimate of drug-likeness (QED) is 0.942. The third-order valence-electron chi connectivity index (χ3n) is 2.44. The Labute approximate surface area is 107 Å². The predicted molar refractivity (Wildman–Crippen MR) is 68.6 cm³/mol. The molecule has 2 aromatic heterocycles. The first-order valence-corrected chi connectivity index (χ1v) is 6.79. The van der Waals surface area contributed by atoms with Gasteiger partial charge in [0.05, 0.1) is 18.2 Å². The molecule has 1 atom stereocenters. The van der Waals surface area contributed by atoms with Crippen molar-refractivity contribution in [3.63, 3.8) is 0 Å². The maximum atomic E-state index is 10.1. The van der Waals surface area contributed by atoms with E-state index in [-0.39, 0.29) is 0 Å². The monoisotopic (exact) mass is 300 g/mol. The van der Waals surface area contributed by atoms with E-state index in [0.717, 1.165) is 16.7 Å². The van der Waals surface area contributed by atoms with E-state index in [0.29, 0.717) is 6.42 Å². The number of aliphatic hydroxyl groups excluding tert-OH is 1. The second kappa shape index (κ2) is 5.12. The Hall–Kier alpha value is -0.650. The van der Waals surface area contributed by atoms with Crippen molar-refractivity contribution in [2.45, 2.75) is 26.0 Å². The number of hydrogen-bond acceptors (Lipinski definition) is 3. The highest BCUT2D eigenvalue weighted by atomic mass is 79.9. The number of hydrogen-bond donors (Lipinski definition) is 1. The normalized spacial score (nSPS) is 12.9. The lowest BCUT2D eigenvalue weighted by Gasteiger charge is -2.11. The Balaban J connectivity index is 2.11. The summed E-state index contributed by atoms with van der Waals surface area (Å²) < 4.78 is 3.04. The molecular formula is C11H13BrN2OS. The summed E-state index contributed by atoms with van der Waals surface area (Å²) in [4.78, 5) is 5.23. The van der Waals surface area contributed by atoms with E-state index in [9.17, 15) is 5.11 Å². The van der Waals surface area contributed by atoms with Gasteiger partial charge in [-0.05, 0) is 28.9 Å². The molecule has 2 rings (SSSR count). The first kappa shape index (κ1) is 11.8. The fourth-order valence-corrected chi connectivity index (χ4v) is 3.12. The van der Waals surface area contributed by atoms with Crippen LogP contribution >= 0.6 is 27.3 Å². The lowest BCUT2D eigenvalue weighted by Crippen LogP contribution is -2.07. The van der Waals surface area contributed by atoms with E-state index < -0.39 is 6.10 Å². The van der Waals surface area contributed by atoms with Crippen LogP contribution in [0.2, 0.25) is 0 Å². The lowest BCUT2D eigenvalue weighted by atomic mass is 10.2. The van der Waals surface area contributed by atoms with E-state index in [2.05, 4.69) is 20.9 Å². The van der Waals surface area contributed by atoms with E-state index in [1.54, 1.807) is 23.9 Å². The second-order valence-corrected chi connectivity index (χ2v) is 5.47. The number of aliphatic hydroxyl groups is 1. The maximum absolute atomic E-state index is 10.1. The molecule has 0 saturated heterocycles. The zero-order chi connectivity index (χ0) is 11.5. The van der Waals surface area contributed by atoms with Crippen LogP contribution in [0.4, 0.5) is 0 Å². The largest absolute Gasteiger partial charge is 0.386 e. The predicted octanol–water partition coefficient (Wildman–Crippen LogP) is 3.00. The Bertz CT molecular complexity index is 466. The van der Waals surface area contributed by atoms with Crippen LogP contribution in [0.1, 0.15) is 23.6 Å². The third-order valence-corrected chi connectivity index (χ3v) is 4.16. The van der Waals surface area contributed by atoms with Crippen molar-refractivity contribution in [3.8, 4) is 0 Å². The minimum atomic E-state index is -0.479. The summed E-state index contributed by atoms with van der Waals surface area (Å²) in [5.74, 6) is 0. The average Bonchev–Trinajstić information content (AvgIpc) is 2.86. The van der Waals surface area contributed by atoms with Crippen LogP contribution in [0.25, 0.3) is 0 Å². The molecule has 3 nitrogen and oxygen atoms in total. The van der Waals surface area contributed by atoms with E-state index in [1.807, 2.05) is 22.9 Å². The maximum Gasteiger partial charge on any atom is 0.100 e. The summed E-state index contributed by atoms with van der Waals surface area (Å²) in [6.07, 6.45) is 3.65. The molecular weight excluding hydrogens is 288 g/mol. The smallest absolute Gasteiger partial charge is 0.100 e. The van der Waals surface area contributed by atoms with Crippen molar-refractivity contribution in [3.05, 3.63) is 39.0 Å². The van der Waals surface area contributed by atoms with Gasteiger partial charge in [-0.25, -0.2) is 4.98 Å². The van der Waals surface area contributed by atoms with Gasteiger partial charge in [0, 0.05) is 27.7 Å². The standard InChI is InChI=1S/C11H13BrN2OS/c1-2-14-7-13-5-10(14)11(15)4-9-3-8(12)6-16-9/h3,5-7,11,15H,2,4H2,1H3. The van der Waals surface area contributed by atoms with Gasteiger partial charge >= 0.3 is 0 Å². The molecule has 2 aromatic rings. The van der Waals surface area contributed by atoms with Crippen molar-refractivity contribution >= 4 is 27.3 Å². The van der Waals surface area contributed by atoms with Crippen LogP contribution in [-0.2, 0) is 13.0 Å². The fourth-order valence-electron chi connectivity index (χ4n) is 1.63. The van der Waals surface area contributed by atoms with Crippen LogP contribution < -0.4 is 0 Å². The van der Waals surface area contributed by atoms with Gasteiger partial charge in [0.15, 0.2) is 0 Å². The number of thiophene rings is 1. The molecule has 86 valence electrons. The van der Waals surface area contributed by atoms with Gasteiger partial charge in [0.2, 0.25) is 0 Å². The van der Waals surface area contributed by atoms with Gasteiger partial charge < -0.3 is 9.67 Å². The van der Waals surface area contributed by atoms with Crippen molar-refractivity contribution in [2.24, 2.45) is 0 Å². The van der Waals surface area contributed by atoms with Crippen molar-refractivity contribution in [2.75, 3.05) is 0 Å². The van der Waals surface area contributed by atoms with Crippen LogP contribution in [0.3, 0.4) is 0 Å². The van der Waals surface area contributed by atoms with Crippen LogP contribution in [0.15, 0.2) is 28.4 Å². The number of halogens is 1. The highest BCUT2D eigenvalue weighted by Crippen LogP contribution is 2.25. The van der Waals surface area contributed by atoms with Crippen LogP contribution in [0, 0.1) is 0 Å². The summed E-state index contributed by atoms with van der Waals surface area (Å²) in [6, 6.07) is 2.04. The van der Waals surface area contributed by atoms with Gasteiger partial charge in [-0.2, -0.15) is 0 Å². The van der Waals surface area contributed by atoms with Crippen LogP contribution in [-0.4, -0.2) is 14.7 Å².